The van der Waals surface area contributed by atoms with Crippen molar-refractivity contribution in [3.8, 4) is 0 Å². The van der Waals surface area contributed by atoms with Crippen LogP contribution in [0.3, 0.4) is 0 Å². The molecule has 4 fully saturated rings. The van der Waals surface area contributed by atoms with Gasteiger partial charge < -0.3 is 15.3 Å². The summed E-state index contributed by atoms with van der Waals surface area (Å²) in [6.07, 6.45) is 10.3. The molecule has 3 N–H and O–H groups in total. The molecule has 33 heavy (non-hydrogen) atoms. The monoisotopic (exact) mass is 460 g/mol. The third-order valence-electron chi connectivity index (χ3n) is 12.5. The van der Waals surface area contributed by atoms with E-state index in [0.29, 0.717) is 40.4 Å². The van der Waals surface area contributed by atoms with Crippen molar-refractivity contribution >= 4 is 0 Å². The molecule has 4 rings (SSSR count). The lowest BCUT2D eigenvalue weighted by Gasteiger charge is -2.69. The van der Waals surface area contributed by atoms with Crippen LogP contribution in [0.1, 0.15) is 113 Å². The summed E-state index contributed by atoms with van der Waals surface area (Å²) in [6.45, 7) is 20.4. The summed E-state index contributed by atoms with van der Waals surface area (Å²) < 4.78 is 0. The number of aliphatic hydroxyl groups excluding tert-OH is 2. The van der Waals surface area contributed by atoms with Crippen molar-refractivity contribution in [3.05, 3.63) is 12.2 Å². The largest absolute Gasteiger partial charge is 0.393 e. The molecule has 4 aliphatic carbocycles. The molecule has 0 saturated heterocycles. The minimum Gasteiger partial charge on any atom is -0.393 e. The van der Waals surface area contributed by atoms with Crippen LogP contribution in [0, 0.1) is 45.3 Å². The maximum absolute atomic E-state index is 10.8. The number of hydrogen-bond acceptors (Lipinski definition) is 3. The van der Waals surface area contributed by atoms with Gasteiger partial charge in [0.2, 0.25) is 0 Å². The molecular weight excluding hydrogens is 408 g/mol. The molecule has 4 saturated carbocycles. The fourth-order valence-corrected chi connectivity index (χ4v) is 10.1. The number of hydrogen-bond donors (Lipinski definition) is 3. The maximum atomic E-state index is 10.8. The lowest BCUT2D eigenvalue weighted by molar-refractivity contribution is -0.220. The van der Waals surface area contributed by atoms with Crippen LogP contribution in [0.25, 0.3) is 0 Å². The molecule has 0 aliphatic heterocycles. The topological polar surface area (TPSA) is 60.7 Å². The standard InChI is InChI=1S/C30H52O3/c1-19(9-12-25(32)27(4,5)33)20-13-17-29(7)21(20)10-11-23-28(6)16-15-24(31)26(2,3)22(28)14-18-30(23,29)8/h20-25,31-33H,1,9-18H2,2-8H3. The molecule has 9 atom stereocenters. The third-order valence-corrected chi connectivity index (χ3v) is 12.5. The minimum atomic E-state index is -1.05. The van der Waals surface area contributed by atoms with Crippen molar-refractivity contribution in [1.29, 1.82) is 0 Å². The van der Waals surface area contributed by atoms with Crippen LogP contribution >= 0.6 is 0 Å². The van der Waals surface area contributed by atoms with Crippen LogP contribution in [-0.2, 0) is 0 Å². The van der Waals surface area contributed by atoms with Gasteiger partial charge in [0.15, 0.2) is 0 Å². The molecule has 9 unspecified atom stereocenters. The summed E-state index contributed by atoms with van der Waals surface area (Å²) in [4.78, 5) is 0. The van der Waals surface area contributed by atoms with E-state index in [0.717, 1.165) is 18.8 Å². The third kappa shape index (κ3) is 3.70. The van der Waals surface area contributed by atoms with Crippen LogP contribution < -0.4 is 0 Å². The molecule has 0 radical (unpaired) electrons. The molecule has 0 spiro atoms. The zero-order chi connectivity index (χ0) is 24.6. The second-order valence-electron chi connectivity index (χ2n) is 14.6. The van der Waals surface area contributed by atoms with E-state index in [1.807, 2.05) is 0 Å². The van der Waals surface area contributed by atoms with E-state index in [1.54, 1.807) is 13.8 Å². The first-order valence-electron chi connectivity index (χ1n) is 13.8. The zero-order valence-electron chi connectivity index (χ0n) is 22.6. The number of allylic oxidation sites excluding steroid dienone is 1. The van der Waals surface area contributed by atoms with Gasteiger partial charge in [-0.3, -0.25) is 0 Å². The van der Waals surface area contributed by atoms with E-state index < -0.39 is 11.7 Å². The van der Waals surface area contributed by atoms with E-state index in [9.17, 15) is 15.3 Å². The quantitative estimate of drug-likeness (QED) is 0.410. The highest BCUT2D eigenvalue weighted by Crippen LogP contribution is 2.75. The van der Waals surface area contributed by atoms with Gasteiger partial charge in [0.25, 0.3) is 0 Å². The molecule has 0 aromatic heterocycles. The van der Waals surface area contributed by atoms with Crippen molar-refractivity contribution < 1.29 is 15.3 Å². The van der Waals surface area contributed by atoms with Gasteiger partial charge in [-0.2, -0.15) is 0 Å². The average Bonchev–Trinajstić information content (AvgIpc) is 3.07. The SMILES string of the molecule is C=C(CCC(O)C(C)(C)O)C1CCC2(C)C1CCC1C3(C)CCC(O)C(C)(C)C3CCC12C. The fourth-order valence-electron chi connectivity index (χ4n) is 10.1. The van der Waals surface area contributed by atoms with E-state index in [1.165, 1.54) is 50.5 Å². The van der Waals surface area contributed by atoms with Gasteiger partial charge >= 0.3 is 0 Å². The minimum absolute atomic E-state index is 0.0138. The van der Waals surface area contributed by atoms with E-state index in [2.05, 4.69) is 41.2 Å². The molecule has 3 heteroatoms. The summed E-state index contributed by atoms with van der Waals surface area (Å²) in [6, 6.07) is 0. The number of fused-ring (bicyclic) bond motifs is 5. The van der Waals surface area contributed by atoms with Crippen molar-refractivity contribution in [2.45, 2.75) is 130 Å². The highest BCUT2D eigenvalue weighted by Gasteiger charge is 2.68. The smallest absolute Gasteiger partial charge is 0.0849 e. The van der Waals surface area contributed by atoms with Crippen molar-refractivity contribution in [3.63, 3.8) is 0 Å². The summed E-state index contributed by atoms with van der Waals surface area (Å²) in [5.74, 6) is 2.59. The van der Waals surface area contributed by atoms with E-state index >= 15 is 0 Å². The Labute approximate surface area is 203 Å². The Kier molecular flexibility index (Phi) is 6.28. The molecule has 4 aliphatic rings. The lowest BCUT2D eigenvalue weighted by Crippen LogP contribution is -2.63. The predicted octanol–water partition coefficient (Wildman–Crippen LogP) is 6.50. The van der Waals surface area contributed by atoms with Gasteiger partial charge in [0.05, 0.1) is 17.8 Å². The second kappa shape index (κ2) is 8.07. The van der Waals surface area contributed by atoms with Crippen LogP contribution in [0.2, 0.25) is 0 Å². The van der Waals surface area contributed by atoms with Gasteiger partial charge in [-0.1, -0.05) is 46.8 Å². The first-order chi connectivity index (χ1) is 15.1. The van der Waals surface area contributed by atoms with Crippen LogP contribution in [0.5, 0.6) is 0 Å². The molecule has 0 heterocycles. The Morgan fingerprint density at radius 3 is 2.18 bits per heavy atom. The van der Waals surface area contributed by atoms with Gasteiger partial charge in [0.1, 0.15) is 0 Å². The number of rotatable bonds is 5. The molecular formula is C30H52O3. The predicted molar refractivity (Wildman–Crippen MR) is 136 cm³/mol. The summed E-state index contributed by atoms with van der Waals surface area (Å²) >= 11 is 0. The maximum Gasteiger partial charge on any atom is 0.0849 e. The highest BCUT2D eigenvalue weighted by molar-refractivity contribution is 5.20. The summed E-state index contributed by atoms with van der Waals surface area (Å²) in [5.41, 5.74) is 1.28. The van der Waals surface area contributed by atoms with Crippen molar-refractivity contribution in [2.24, 2.45) is 45.3 Å². The Balaban J connectivity index is 1.55. The normalized spacial score (nSPS) is 47.9. The van der Waals surface area contributed by atoms with E-state index in [4.69, 9.17) is 0 Å². The van der Waals surface area contributed by atoms with Gasteiger partial charge in [-0.25, -0.2) is 0 Å². The first-order valence-corrected chi connectivity index (χ1v) is 13.8. The Hall–Kier alpha value is -0.380. The van der Waals surface area contributed by atoms with E-state index in [-0.39, 0.29) is 11.5 Å². The molecule has 190 valence electrons. The molecule has 0 aromatic rings. The molecule has 0 aromatic carbocycles. The van der Waals surface area contributed by atoms with Gasteiger partial charge in [0, 0.05) is 0 Å². The summed E-state index contributed by atoms with van der Waals surface area (Å²) in [7, 11) is 0. The molecule has 3 nitrogen and oxygen atoms in total. The van der Waals surface area contributed by atoms with Crippen LogP contribution in [0.15, 0.2) is 12.2 Å². The highest BCUT2D eigenvalue weighted by atomic mass is 16.3. The Bertz CT molecular complexity index is 765. The zero-order valence-corrected chi connectivity index (χ0v) is 22.6. The lowest BCUT2D eigenvalue weighted by atomic mass is 9.35. The van der Waals surface area contributed by atoms with Gasteiger partial charge in [-0.05, 0) is 123 Å². The second-order valence-corrected chi connectivity index (χ2v) is 14.6. The molecule has 0 bridgehead atoms. The Morgan fingerprint density at radius 1 is 0.909 bits per heavy atom. The fraction of sp³-hybridized carbons (Fsp3) is 0.933. The molecule has 0 amide bonds. The van der Waals surface area contributed by atoms with Crippen molar-refractivity contribution in [2.75, 3.05) is 0 Å². The average molecular weight is 461 g/mol. The number of aliphatic hydroxyl groups is 3. The van der Waals surface area contributed by atoms with Crippen LogP contribution in [0.4, 0.5) is 0 Å². The van der Waals surface area contributed by atoms with Gasteiger partial charge in [-0.15, -0.1) is 0 Å². The Morgan fingerprint density at radius 2 is 1.55 bits per heavy atom. The van der Waals surface area contributed by atoms with Crippen molar-refractivity contribution in [1.82, 2.24) is 0 Å². The summed E-state index contributed by atoms with van der Waals surface area (Å²) in [5, 5.41) is 31.3. The first kappa shape index (κ1) is 25.7. The van der Waals surface area contributed by atoms with Crippen LogP contribution in [-0.4, -0.2) is 33.1 Å².